The van der Waals surface area contributed by atoms with Crippen molar-refractivity contribution < 1.29 is 4.79 Å². The standard InChI is InChI=1S/C19H26N2O/c22-19(21-11-10-16-8-9-17(13-21)20-16)12-15-6-3-5-14-4-1-2-7-18(14)15/h1-2,4,7,15-17,20H,3,5-6,8-13H2. The zero-order valence-corrected chi connectivity index (χ0v) is 13.3. The van der Waals surface area contributed by atoms with Gasteiger partial charge in [0.05, 0.1) is 0 Å². The molecule has 3 atom stereocenters. The second kappa shape index (κ2) is 6.04. The number of rotatable bonds is 2. The van der Waals surface area contributed by atoms with E-state index in [2.05, 4.69) is 34.5 Å². The van der Waals surface area contributed by atoms with Gasteiger partial charge in [0.15, 0.2) is 0 Å². The Morgan fingerprint density at radius 3 is 2.95 bits per heavy atom. The molecule has 0 spiro atoms. The van der Waals surface area contributed by atoms with Crippen LogP contribution in [-0.4, -0.2) is 36.0 Å². The normalized spacial score (nSPS) is 30.7. The van der Waals surface area contributed by atoms with E-state index in [9.17, 15) is 4.79 Å². The van der Waals surface area contributed by atoms with Crippen LogP contribution in [-0.2, 0) is 11.2 Å². The monoisotopic (exact) mass is 298 g/mol. The molecule has 3 unspecified atom stereocenters. The topological polar surface area (TPSA) is 32.3 Å². The Kier molecular flexibility index (Phi) is 3.91. The van der Waals surface area contributed by atoms with E-state index in [0.29, 0.717) is 30.3 Å². The molecule has 1 aliphatic carbocycles. The van der Waals surface area contributed by atoms with Gasteiger partial charge in [-0.1, -0.05) is 24.3 Å². The quantitative estimate of drug-likeness (QED) is 0.910. The van der Waals surface area contributed by atoms with Gasteiger partial charge in [-0.2, -0.15) is 0 Å². The summed E-state index contributed by atoms with van der Waals surface area (Å²) in [5.74, 6) is 0.807. The van der Waals surface area contributed by atoms with Crippen LogP contribution in [0, 0.1) is 0 Å². The third-order valence-corrected chi connectivity index (χ3v) is 5.79. The zero-order valence-electron chi connectivity index (χ0n) is 13.3. The van der Waals surface area contributed by atoms with E-state index < -0.39 is 0 Å². The molecule has 1 amide bonds. The molecule has 118 valence electrons. The highest BCUT2D eigenvalue weighted by molar-refractivity contribution is 5.77. The molecular formula is C19H26N2O. The van der Waals surface area contributed by atoms with Gasteiger partial charge < -0.3 is 10.2 Å². The number of carbonyl (C=O) groups is 1. The second-order valence-corrected chi connectivity index (χ2v) is 7.26. The molecule has 2 aliphatic heterocycles. The van der Waals surface area contributed by atoms with E-state index in [-0.39, 0.29) is 0 Å². The highest BCUT2D eigenvalue weighted by atomic mass is 16.2. The Bertz CT molecular complexity index is 556. The number of hydrogen-bond acceptors (Lipinski definition) is 2. The summed E-state index contributed by atoms with van der Waals surface area (Å²) < 4.78 is 0. The first-order valence-corrected chi connectivity index (χ1v) is 8.91. The maximum absolute atomic E-state index is 12.8. The fourth-order valence-electron chi connectivity index (χ4n) is 4.58. The fraction of sp³-hybridized carbons (Fsp3) is 0.632. The molecule has 3 heteroatoms. The van der Waals surface area contributed by atoms with Crippen molar-refractivity contribution in [2.45, 2.75) is 62.9 Å². The van der Waals surface area contributed by atoms with Gasteiger partial charge in [-0.15, -0.1) is 0 Å². The van der Waals surface area contributed by atoms with Crippen LogP contribution in [0.3, 0.4) is 0 Å². The Balaban J connectivity index is 1.44. The molecule has 1 N–H and O–H groups in total. The Morgan fingerprint density at radius 2 is 2.00 bits per heavy atom. The summed E-state index contributed by atoms with van der Waals surface area (Å²) in [7, 11) is 0. The number of nitrogens with zero attached hydrogens (tertiary/aromatic N) is 1. The Morgan fingerprint density at radius 1 is 1.14 bits per heavy atom. The molecule has 1 aromatic rings. The van der Waals surface area contributed by atoms with Crippen LogP contribution in [0.4, 0.5) is 0 Å². The molecule has 3 nitrogen and oxygen atoms in total. The number of carbonyl (C=O) groups excluding carboxylic acids is 1. The lowest BCUT2D eigenvalue weighted by molar-refractivity contribution is -0.131. The van der Waals surface area contributed by atoms with Gasteiger partial charge in [0.1, 0.15) is 0 Å². The highest BCUT2D eigenvalue weighted by Gasteiger charge is 2.32. The number of likely N-dealkylation sites (tertiary alicyclic amines) is 1. The van der Waals surface area contributed by atoms with Gasteiger partial charge in [-0.3, -0.25) is 4.79 Å². The largest absolute Gasteiger partial charge is 0.341 e. The molecule has 3 aliphatic rings. The first kappa shape index (κ1) is 14.3. The maximum atomic E-state index is 12.8. The van der Waals surface area contributed by atoms with E-state index >= 15 is 0 Å². The molecule has 2 heterocycles. The van der Waals surface area contributed by atoms with Crippen molar-refractivity contribution in [3.63, 3.8) is 0 Å². The summed E-state index contributed by atoms with van der Waals surface area (Å²) in [6, 6.07) is 9.91. The predicted octanol–water partition coefficient (Wildman–Crippen LogP) is 2.85. The van der Waals surface area contributed by atoms with Gasteiger partial charge >= 0.3 is 0 Å². The third kappa shape index (κ3) is 2.79. The minimum absolute atomic E-state index is 0.371. The number of aryl methyl sites for hydroxylation is 1. The van der Waals surface area contributed by atoms with Crippen LogP contribution < -0.4 is 5.32 Å². The number of amides is 1. The van der Waals surface area contributed by atoms with Gasteiger partial charge in [-0.05, 0) is 55.6 Å². The van der Waals surface area contributed by atoms with Crippen LogP contribution in [0.2, 0.25) is 0 Å². The summed E-state index contributed by atoms with van der Waals surface area (Å²) >= 11 is 0. The van der Waals surface area contributed by atoms with Crippen LogP contribution in [0.1, 0.15) is 55.6 Å². The van der Waals surface area contributed by atoms with Gasteiger partial charge in [0, 0.05) is 31.6 Å². The number of nitrogens with one attached hydrogen (secondary N) is 1. The number of benzene rings is 1. The lowest BCUT2D eigenvalue weighted by Crippen LogP contribution is -2.39. The SMILES string of the molecule is O=C(CC1CCCc2ccccc21)N1CCC2CCC(C1)N2. The van der Waals surface area contributed by atoms with Crippen molar-refractivity contribution in [2.24, 2.45) is 0 Å². The minimum atomic E-state index is 0.371. The van der Waals surface area contributed by atoms with E-state index in [1.807, 2.05) is 0 Å². The van der Waals surface area contributed by atoms with Crippen molar-refractivity contribution in [1.29, 1.82) is 0 Å². The van der Waals surface area contributed by atoms with Gasteiger partial charge in [0.2, 0.25) is 5.91 Å². The van der Waals surface area contributed by atoms with E-state index in [4.69, 9.17) is 0 Å². The first-order valence-electron chi connectivity index (χ1n) is 8.91. The van der Waals surface area contributed by atoms with Crippen LogP contribution >= 0.6 is 0 Å². The second-order valence-electron chi connectivity index (χ2n) is 7.26. The molecule has 2 bridgehead atoms. The van der Waals surface area contributed by atoms with Crippen molar-refractivity contribution in [3.05, 3.63) is 35.4 Å². The highest BCUT2D eigenvalue weighted by Crippen LogP contribution is 2.34. The average molecular weight is 298 g/mol. The van der Waals surface area contributed by atoms with Gasteiger partial charge in [0.25, 0.3) is 0 Å². The van der Waals surface area contributed by atoms with E-state index in [0.717, 1.165) is 19.5 Å². The summed E-state index contributed by atoms with van der Waals surface area (Å²) in [4.78, 5) is 14.9. The molecular weight excluding hydrogens is 272 g/mol. The summed E-state index contributed by atoms with van der Waals surface area (Å²) in [5.41, 5.74) is 2.89. The molecule has 2 fully saturated rings. The zero-order chi connectivity index (χ0) is 14.9. The predicted molar refractivity (Wildman–Crippen MR) is 87.9 cm³/mol. The Hall–Kier alpha value is -1.35. The molecule has 0 saturated carbocycles. The molecule has 1 aromatic carbocycles. The van der Waals surface area contributed by atoms with E-state index in [1.54, 1.807) is 0 Å². The first-order chi connectivity index (χ1) is 10.8. The van der Waals surface area contributed by atoms with Crippen molar-refractivity contribution in [1.82, 2.24) is 10.2 Å². The number of hydrogen-bond donors (Lipinski definition) is 1. The molecule has 2 saturated heterocycles. The van der Waals surface area contributed by atoms with Crippen molar-refractivity contribution in [3.8, 4) is 0 Å². The Labute approximate surface area is 133 Å². The lowest BCUT2D eigenvalue weighted by Gasteiger charge is -2.29. The fourth-order valence-corrected chi connectivity index (χ4v) is 4.58. The van der Waals surface area contributed by atoms with Crippen LogP contribution in [0.5, 0.6) is 0 Å². The summed E-state index contributed by atoms with van der Waals surface area (Å²) in [6.45, 7) is 1.87. The molecule has 0 radical (unpaired) electrons. The molecule has 4 rings (SSSR count). The summed E-state index contributed by atoms with van der Waals surface area (Å²) in [5, 5.41) is 3.66. The maximum Gasteiger partial charge on any atom is 0.223 e. The third-order valence-electron chi connectivity index (χ3n) is 5.79. The van der Waals surface area contributed by atoms with Gasteiger partial charge in [-0.25, -0.2) is 0 Å². The smallest absolute Gasteiger partial charge is 0.223 e. The molecule has 0 aromatic heterocycles. The average Bonchev–Trinajstić information content (AvgIpc) is 2.86. The summed E-state index contributed by atoms with van der Waals surface area (Å²) in [6.07, 6.45) is 7.93. The number of fused-ring (bicyclic) bond motifs is 3. The lowest BCUT2D eigenvalue weighted by atomic mass is 9.81. The van der Waals surface area contributed by atoms with Crippen LogP contribution in [0.25, 0.3) is 0 Å². The minimum Gasteiger partial charge on any atom is -0.341 e. The molecule has 22 heavy (non-hydrogen) atoms. The van der Waals surface area contributed by atoms with E-state index in [1.165, 1.54) is 43.2 Å². The van der Waals surface area contributed by atoms with Crippen LogP contribution in [0.15, 0.2) is 24.3 Å². The van der Waals surface area contributed by atoms with Crippen molar-refractivity contribution in [2.75, 3.05) is 13.1 Å². The van der Waals surface area contributed by atoms with Crippen molar-refractivity contribution >= 4 is 5.91 Å².